The molecule has 1 heterocycles. The number of halogens is 2. The van der Waals surface area contributed by atoms with E-state index in [0.717, 1.165) is 12.1 Å². The first kappa shape index (κ1) is 15.8. The van der Waals surface area contributed by atoms with E-state index in [0.29, 0.717) is 18.7 Å². The Morgan fingerprint density at radius 3 is 2.95 bits per heavy atom. The minimum atomic E-state index is -0.935. The van der Waals surface area contributed by atoms with Crippen LogP contribution in [-0.4, -0.2) is 50.3 Å². The van der Waals surface area contributed by atoms with Crippen molar-refractivity contribution in [1.82, 2.24) is 4.90 Å². The van der Waals surface area contributed by atoms with Crippen LogP contribution in [0.3, 0.4) is 0 Å². The van der Waals surface area contributed by atoms with E-state index in [1.165, 1.54) is 13.2 Å². The van der Waals surface area contributed by atoms with Gasteiger partial charge in [0, 0.05) is 13.7 Å². The van der Waals surface area contributed by atoms with Crippen LogP contribution in [0, 0.1) is 11.6 Å². The molecule has 1 fully saturated rings. The first-order valence-electron chi connectivity index (χ1n) is 6.62. The Kier molecular flexibility index (Phi) is 5.22. The van der Waals surface area contributed by atoms with Gasteiger partial charge in [-0.1, -0.05) is 6.07 Å². The maximum absolute atomic E-state index is 13.3. The van der Waals surface area contributed by atoms with Gasteiger partial charge in [0.15, 0.2) is 11.6 Å². The van der Waals surface area contributed by atoms with Gasteiger partial charge in [0.1, 0.15) is 12.1 Å². The molecule has 7 heteroatoms. The fourth-order valence-corrected chi connectivity index (χ4v) is 2.25. The molecule has 0 bridgehead atoms. The number of ether oxygens (including phenoxy) is 2. The van der Waals surface area contributed by atoms with Gasteiger partial charge in [0.05, 0.1) is 19.8 Å². The van der Waals surface area contributed by atoms with Crippen molar-refractivity contribution in [2.24, 2.45) is 5.73 Å². The topological polar surface area (TPSA) is 64.8 Å². The number of morpholine rings is 1. The number of carbonyl (C=O) groups is 1. The molecule has 1 aromatic rings. The molecule has 0 aromatic heterocycles. The third kappa shape index (κ3) is 3.75. The summed E-state index contributed by atoms with van der Waals surface area (Å²) in [4.78, 5) is 13.7. The molecular weight excluding hydrogens is 282 g/mol. The Balaban J connectivity index is 2.06. The minimum absolute atomic E-state index is 0.131. The van der Waals surface area contributed by atoms with Gasteiger partial charge in [-0.25, -0.2) is 8.78 Å². The Morgan fingerprint density at radius 2 is 2.29 bits per heavy atom. The normalized spacial score (nSPS) is 20.4. The summed E-state index contributed by atoms with van der Waals surface area (Å²) in [6, 6.07) is 2.85. The molecule has 2 unspecified atom stereocenters. The number of hydrogen-bond donors (Lipinski definition) is 1. The summed E-state index contributed by atoms with van der Waals surface area (Å²) in [7, 11) is 1.47. The molecular formula is C14H18F2N2O3. The predicted molar refractivity (Wildman–Crippen MR) is 71.5 cm³/mol. The van der Waals surface area contributed by atoms with Gasteiger partial charge in [0.2, 0.25) is 5.91 Å². The molecule has 21 heavy (non-hydrogen) atoms. The average molecular weight is 300 g/mol. The summed E-state index contributed by atoms with van der Waals surface area (Å²) in [5, 5.41) is 0. The second kappa shape index (κ2) is 6.93. The molecule has 0 aliphatic carbocycles. The smallest absolute Gasteiger partial charge is 0.242 e. The van der Waals surface area contributed by atoms with Crippen molar-refractivity contribution in [2.75, 3.05) is 33.4 Å². The zero-order valence-electron chi connectivity index (χ0n) is 11.7. The lowest BCUT2D eigenvalue weighted by molar-refractivity contribution is -0.141. The van der Waals surface area contributed by atoms with Crippen LogP contribution in [0.5, 0.6) is 0 Å². The summed E-state index contributed by atoms with van der Waals surface area (Å²) in [6.07, 6.45) is -0.493. The first-order valence-corrected chi connectivity index (χ1v) is 6.62. The lowest BCUT2D eigenvalue weighted by Gasteiger charge is -2.34. The third-order valence-electron chi connectivity index (χ3n) is 3.36. The molecule has 1 aliphatic rings. The zero-order valence-corrected chi connectivity index (χ0v) is 11.7. The molecule has 2 atom stereocenters. The molecule has 0 saturated carbocycles. The van der Waals surface area contributed by atoms with Crippen molar-refractivity contribution < 1.29 is 23.0 Å². The van der Waals surface area contributed by atoms with Gasteiger partial charge >= 0.3 is 0 Å². The number of methoxy groups -OCH3 is 1. The molecule has 0 radical (unpaired) electrons. The van der Waals surface area contributed by atoms with Crippen LogP contribution >= 0.6 is 0 Å². The van der Waals surface area contributed by atoms with Gasteiger partial charge in [-0.3, -0.25) is 4.79 Å². The molecule has 2 N–H and O–H groups in total. The van der Waals surface area contributed by atoms with Gasteiger partial charge in [0.25, 0.3) is 0 Å². The Morgan fingerprint density at radius 1 is 1.52 bits per heavy atom. The van der Waals surface area contributed by atoms with E-state index in [2.05, 4.69) is 0 Å². The summed E-state index contributed by atoms with van der Waals surface area (Å²) < 4.78 is 36.6. The fraction of sp³-hybridized carbons (Fsp3) is 0.500. The molecule has 0 spiro atoms. The summed E-state index contributed by atoms with van der Waals surface area (Å²) in [6.45, 7) is 1.11. The Hall–Kier alpha value is -1.57. The molecule has 5 nitrogen and oxygen atoms in total. The van der Waals surface area contributed by atoms with Crippen molar-refractivity contribution >= 4 is 5.91 Å². The SMILES string of the molecule is COCC(N)C(=O)N1CCOC(c2ccc(F)c(F)c2)C1. The second-order valence-corrected chi connectivity index (χ2v) is 4.88. The maximum Gasteiger partial charge on any atom is 0.242 e. The molecule has 1 aliphatic heterocycles. The van der Waals surface area contributed by atoms with Crippen molar-refractivity contribution in [1.29, 1.82) is 0 Å². The van der Waals surface area contributed by atoms with E-state index in [1.54, 1.807) is 4.90 Å². The quantitative estimate of drug-likeness (QED) is 0.895. The Labute approximate surface area is 121 Å². The van der Waals surface area contributed by atoms with Crippen molar-refractivity contribution in [3.63, 3.8) is 0 Å². The van der Waals surface area contributed by atoms with Gasteiger partial charge < -0.3 is 20.1 Å². The monoisotopic (exact) mass is 300 g/mol. The van der Waals surface area contributed by atoms with Gasteiger partial charge in [-0.05, 0) is 17.7 Å². The Bertz CT molecular complexity index is 513. The third-order valence-corrected chi connectivity index (χ3v) is 3.36. The maximum atomic E-state index is 13.3. The molecule has 1 amide bonds. The standard InChI is InChI=1S/C14H18F2N2O3/c1-20-8-12(17)14(19)18-4-5-21-13(7-18)9-2-3-10(15)11(16)6-9/h2-3,6,12-13H,4-5,7-8,17H2,1H3. The number of hydrogen-bond acceptors (Lipinski definition) is 4. The fourth-order valence-electron chi connectivity index (χ4n) is 2.25. The second-order valence-electron chi connectivity index (χ2n) is 4.88. The molecule has 116 valence electrons. The van der Waals surface area contributed by atoms with E-state index in [-0.39, 0.29) is 19.1 Å². The predicted octanol–water partition coefficient (Wildman–Crippen LogP) is 0.838. The summed E-state index contributed by atoms with van der Waals surface area (Å²) >= 11 is 0. The van der Waals surface area contributed by atoms with Crippen LogP contribution in [0.25, 0.3) is 0 Å². The van der Waals surface area contributed by atoms with Crippen LogP contribution < -0.4 is 5.73 Å². The number of amides is 1. The van der Waals surface area contributed by atoms with Crippen molar-refractivity contribution in [3.8, 4) is 0 Å². The number of rotatable bonds is 4. The number of nitrogens with zero attached hydrogens (tertiary/aromatic N) is 1. The molecule has 1 aromatic carbocycles. The number of benzene rings is 1. The highest BCUT2D eigenvalue weighted by molar-refractivity contribution is 5.81. The van der Waals surface area contributed by atoms with Crippen molar-refractivity contribution in [2.45, 2.75) is 12.1 Å². The van der Waals surface area contributed by atoms with E-state index in [1.807, 2.05) is 0 Å². The zero-order chi connectivity index (χ0) is 15.4. The molecule has 2 rings (SSSR count). The first-order chi connectivity index (χ1) is 10.0. The van der Waals surface area contributed by atoms with Crippen LogP contribution in [0.2, 0.25) is 0 Å². The van der Waals surface area contributed by atoms with Crippen molar-refractivity contribution in [3.05, 3.63) is 35.4 Å². The highest BCUT2D eigenvalue weighted by atomic mass is 19.2. The number of nitrogens with two attached hydrogens (primary N) is 1. The van der Waals surface area contributed by atoms with E-state index >= 15 is 0 Å². The van der Waals surface area contributed by atoms with E-state index < -0.39 is 23.8 Å². The highest BCUT2D eigenvalue weighted by Crippen LogP contribution is 2.24. The van der Waals surface area contributed by atoms with E-state index in [4.69, 9.17) is 15.2 Å². The van der Waals surface area contributed by atoms with Crippen LogP contribution in [0.1, 0.15) is 11.7 Å². The van der Waals surface area contributed by atoms with E-state index in [9.17, 15) is 13.6 Å². The lowest BCUT2D eigenvalue weighted by atomic mass is 10.1. The largest absolute Gasteiger partial charge is 0.383 e. The van der Waals surface area contributed by atoms with Crippen LogP contribution in [0.15, 0.2) is 18.2 Å². The number of carbonyl (C=O) groups excluding carboxylic acids is 1. The van der Waals surface area contributed by atoms with Gasteiger partial charge in [-0.15, -0.1) is 0 Å². The summed E-state index contributed by atoms with van der Waals surface area (Å²) in [5.41, 5.74) is 6.21. The average Bonchev–Trinajstić information content (AvgIpc) is 2.49. The van der Waals surface area contributed by atoms with Gasteiger partial charge in [-0.2, -0.15) is 0 Å². The summed E-state index contributed by atoms with van der Waals surface area (Å²) in [5.74, 6) is -2.09. The minimum Gasteiger partial charge on any atom is -0.383 e. The molecule has 1 saturated heterocycles. The lowest BCUT2D eigenvalue weighted by Crippen LogP contribution is -2.50. The van der Waals surface area contributed by atoms with Crippen LogP contribution in [0.4, 0.5) is 8.78 Å². The van der Waals surface area contributed by atoms with Crippen LogP contribution in [-0.2, 0) is 14.3 Å². The highest BCUT2D eigenvalue weighted by Gasteiger charge is 2.28.